The third-order valence-electron chi connectivity index (χ3n) is 6.84. The molecule has 1 aliphatic carbocycles. The largest absolute Gasteiger partial charge is 0.463 e. The number of benzene rings is 1. The Balaban J connectivity index is 0.00000141. The molecule has 41 heavy (non-hydrogen) atoms. The SMILES string of the molecule is C#C.C#C.CCC[C@H]1COCCN1Nc1nc(/C(N)=N/C(=O)O)nc(-c2cccc(Cl)c2)c1NCC1CCCCC1. The highest BCUT2D eigenvalue weighted by Gasteiger charge is 2.26. The van der Waals surface area contributed by atoms with E-state index in [2.05, 4.69) is 63.3 Å². The third-order valence-corrected chi connectivity index (χ3v) is 7.08. The summed E-state index contributed by atoms with van der Waals surface area (Å²) in [4.78, 5) is 24.1. The van der Waals surface area contributed by atoms with Gasteiger partial charge in [0.05, 0.1) is 24.9 Å². The Morgan fingerprint density at radius 1 is 1.22 bits per heavy atom. The van der Waals surface area contributed by atoms with Crippen LogP contribution in [-0.4, -0.2) is 64.4 Å². The minimum Gasteiger partial charge on any atom is -0.463 e. The molecule has 1 aliphatic heterocycles. The number of nitrogens with zero attached hydrogens (tertiary/aromatic N) is 4. The van der Waals surface area contributed by atoms with Gasteiger partial charge in [-0.15, -0.1) is 25.7 Å². The number of hydrogen-bond donors (Lipinski definition) is 4. The van der Waals surface area contributed by atoms with E-state index in [9.17, 15) is 9.90 Å². The van der Waals surface area contributed by atoms with E-state index in [0.717, 1.165) is 30.6 Å². The van der Waals surface area contributed by atoms with Gasteiger partial charge in [0, 0.05) is 23.7 Å². The second-order valence-corrected chi connectivity index (χ2v) is 10.1. The molecule has 1 atom stereocenters. The smallest absolute Gasteiger partial charge is 0.433 e. The van der Waals surface area contributed by atoms with Gasteiger partial charge in [0.15, 0.2) is 17.5 Å². The van der Waals surface area contributed by atoms with Gasteiger partial charge in [-0.3, -0.25) is 0 Å². The minimum absolute atomic E-state index is 0.0309. The van der Waals surface area contributed by atoms with E-state index in [1.165, 1.54) is 32.1 Å². The minimum atomic E-state index is -1.41. The van der Waals surface area contributed by atoms with Gasteiger partial charge >= 0.3 is 6.09 Å². The number of terminal acetylenes is 2. The number of rotatable bonds is 9. The Kier molecular flexibility index (Phi) is 14.5. The quantitative estimate of drug-likeness (QED) is 0.172. The van der Waals surface area contributed by atoms with E-state index >= 15 is 0 Å². The molecule has 0 unspecified atom stereocenters. The number of morpholine rings is 1. The molecule has 2 aliphatic rings. The van der Waals surface area contributed by atoms with Crippen LogP contribution in [0, 0.1) is 31.6 Å². The van der Waals surface area contributed by atoms with Crippen LogP contribution < -0.4 is 16.5 Å². The van der Waals surface area contributed by atoms with Crippen molar-refractivity contribution in [3.63, 3.8) is 0 Å². The number of hydrazine groups is 1. The van der Waals surface area contributed by atoms with Crippen LogP contribution in [0.4, 0.5) is 16.3 Å². The van der Waals surface area contributed by atoms with Crippen LogP contribution in [0.15, 0.2) is 29.3 Å². The molecule has 5 N–H and O–H groups in total. The van der Waals surface area contributed by atoms with Crippen molar-refractivity contribution in [2.24, 2.45) is 16.6 Å². The molecule has 1 saturated carbocycles. The van der Waals surface area contributed by atoms with Crippen molar-refractivity contribution in [1.82, 2.24) is 15.0 Å². The lowest BCUT2D eigenvalue weighted by molar-refractivity contribution is 0.00196. The molecular weight excluding hydrogens is 542 g/mol. The van der Waals surface area contributed by atoms with Gasteiger partial charge in [0.1, 0.15) is 5.69 Å². The highest BCUT2D eigenvalue weighted by atomic mass is 35.5. The Morgan fingerprint density at radius 2 is 1.95 bits per heavy atom. The van der Waals surface area contributed by atoms with E-state index in [-0.39, 0.29) is 17.7 Å². The zero-order chi connectivity index (χ0) is 30.2. The number of carbonyl (C=O) groups is 1. The van der Waals surface area contributed by atoms with E-state index in [1.54, 1.807) is 6.07 Å². The Bertz CT molecular complexity index is 1190. The summed E-state index contributed by atoms with van der Waals surface area (Å²) >= 11 is 6.34. The number of carboxylic acid groups (broad SMARTS) is 1. The number of halogens is 1. The van der Waals surface area contributed by atoms with E-state index in [4.69, 9.17) is 22.1 Å². The lowest BCUT2D eigenvalue weighted by atomic mass is 9.89. The lowest BCUT2D eigenvalue weighted by Crippen LogP contribution is -2.48. The number of anilines is 2. The molecule has 2 heterocycles. The molecule has 1 aromatic heterocycles. The number of aromatic nitrogens is 2. The molecule has 220 valence electrons. The van der Waals surface area contributed by atoms with Crippen LogP contribution in [-0.2, 0) is 4.74 Å². The van der Waals surface area contributed by atoms with Crippen molar-refractivity contribution in [3.8, 4) is 37.0 Å². The number of ether oxygens (including phenoxy) is 1. The van der Waals surface area contributed by atoms with Crippen molar-refractivity contribution in [1.29, 1.82) is 0 Å². The summed E-state index contributed by atoms with van der Waals surface area (Å²) in [6.07, 6.45) is 22.7. The Hall–Kier alpha value is -3.83. The molecule has 11 heteroatoms. The van der Waals surface area contributed by atoms with Gasteiger partial charge in [0.25, 0.3) is 0 Å². The molecule has 1 amide bonds. The van der Waals surface area contributed by atoms with Gasteiger partial charge in [-0.25, -0.2) is 19.8 Å². The molecule has 2 fully saturated rings. The summed E-state index contributed by atoms with van der Waals surface area (Å²) < 4.78 is 5.72. The number of nitrogens with one attached hydrogen (secondary N) is 2. The maximum atomic E-state index is 11.3. The van der Waals surface area contributed by atoms with Gasteiger partial charge < -0.3 is 26.3 Å². The van der Waals surface area contributed by atoms with Crippen molar-refractivity contribution < 1.29 is 14.6 Å². The molecule has 0 radical (unpaired) electrons. The van der Waals surface area contributed by atoms with Gasteiger partial charge in [0.2, 0.25) is 0 Å². The van der Waals surface area contributed by atoms with Crippen molar-refractivity contribution in [2.45, 2.75) is 57.9 Å². The molecule has 10 nitrogen and oxygen atoms in total. The first-order chi connectivity index (χ1) is 19.9. The van der Waals surface area contributed by atoms with Crippen LogP contribution in [0.2, 0.25) is 5.02 Å². The molecule has 4 rings (SSSR count). The van der Waals surface area contributed by atoms with E-state index < -0.39 is 6.09 Å². The van der Waals surface area contributed by atoms with Gasteiger partial charge in [-0.05, 0) is 37.3 Å². The van der Waals surface area contributed by atoms with Crippen LogP contribution in [0.5, 0.6) is 0 Å². The average molecular weight is 582 g/mol. The second-order valence-electron chi connectivity index (χ2n) is 9.62. The summed E-state index contributed by atoms with van der Waals surface area (Å²) in [5.41, 5.74) is 11.6. The fourth-order valence-corrected chi connectivity index (χ4v) is 5.16. The highest BCUT2D eigenvalue weighted by molar-refractivity contribution is 6.30. The molecule has 1 saturated heterocycles. The maximum absolute atomic E-state index is 11.3. The number of nitrogens with two attached hydrogens (primary N) is 1. The van der Waals surface area contributed by atoms with Crippen LogP contribution >= 0.6 is 11.6 Å². The predicted octanol–water partition coefficient (Wildman–Crippen LogP) is 5.50. The summed E-state index contributed by atoms with van der Waals surface area (Å²) in [5, 5.41) is 15.5. The first-order valence-corrected chi connectivity index (χ1v) is 14.1. The summed E-state index contributed by atoms with van der Waals surface area (Å²) in [7, 11) is 0. The number of aliphatic imine (C=N–C) groups is 1. The average Bonchev–Trinajstić information content (AvgIpc) is 2.99. The predicted molar refractivity (Wildman–Crippen MR) is 166 cm³/mol. The van der Waals surface area contributed by atoms with Crippen LogP contribution in [0.3, 0.4) is 0 Å². The highest BCUT2D eigenvalue weighted by Crippen LogP contribution is 2.35. The van der Waals surface area contributed by atoms with Crippen LogP contribution in [0.25, 0.3) is 11.3 Å². The summed E-state index contributed by atoms with van der Waals surface area (Å²) in [6, 6.07) is 7.55. The lowest BCUT2D eigenvalue weighted by Gasteiger charge is -2.36. The van der Waals surface area contributed by atoms with Gasteiger partial charge in [-0.1, -0.05) is 56.3 Å². The standard InChI is InChI=1S/C26H36ClN7O3.2C2H2/c1-2-7-20-16-37-13-12-34(20)33-24-22(29-15-17-8-4-3-5-9-17)21(18-10-6-11-19(27)14-18)30-25(32-24)23(28)31-26(35)36;2*1-2/h6,10-11,14,17,20,29H,2-5,7-9,12-13,15-16H2,1H3,(H2,28,31)(H,35,36)(H,30,32,33);2*1-2H/t20-;;/m0../s1. The monoisotopic (exact) mass is 581 g/mol. The molecule has 1 aromatic carbocycles. The van der Waals surface area contributed by atoms with Crippen LogP contribution in [0.1, 0.15) is 57.7 Å². The number of hydrogen-bond acceptors (Lipinski definition) is 7. The molecule has 2 aromatic rings. The molecule has 0 bridgehead atoms. The maximum Gasteiger partial charge on any atom is 0.433 e. The molecule has 0 spiro atoms. The summed E-state index contributed by atoms with van der Waals surface area (Å²) in [6.45, 7) is 4.82. The fraction of sp³-hybridized carbons (Fsp3) is 0.467. The van der Waals surface area contributed by atoms with Crippen molar-refractivity contribution >= 4 is 35.0 Å². The zero-order valence-electron chi connectivity index (χ0n) is 23.6. The third kappa shape index (κ3) is 9.94. The normalized spacial score (nSPS) is 17.7. The first kappa shape index (κ1) is 33.4. The van der Waals surface area contributed by atoms with E-state index in [0.29, 0.717) is 42.2 Å². The first-order valence-electron chi connectivity index (χ1n) is 13.7. The fourth-order valence-electron chi connectivity index (χ4n) is 4.97. The van der Waals surface area contributed by atoms with Crippen molar-refractivity contribution in [3.05, 3.63) is 35.1 Å². The summed E-state index contributed by atoms with van der Waals surface area (Å²) in [5.74, 6) is 0.832. The topological polar surface area (TPSA) is 138 Å². The van der Waals surface area contributed by atoms with Gasteiger partial charge in [-0.2, -0.15) is 4.99 Å². The van der Waals surface area contributed by atoms with E-state index in [1.807, 2.05) is 18.2 Å². The second kappa shape index (κ2) is 17.8. The number of amides is 1. The zero-order valence-corrected chi connectivity index (χ0v) is 24.3. The van der Waals surface area contributed by atoms with Crippen molar-refractivity contribution in [2.75, 3.05) is 37.0 Å². The number of amidine groups is 1. The molecular formula is C30H40ClN7O3. The Labute approximate surface area is 248 Å². The Morgan fingerprint density at radius 3 is 2.61 bits per heavy atom.